The first-order valence-electron chi connectivity index (χ1n) is 8.69. The van der Waals surface area contributed by atoms with E-state index in [2.05, 4.69) is 11.9 Å². The molecule has 3 rings (SSSR count). The Kier molecular flexibility index (Phi) is 5.25. The summed E-state index contributed by atoms with van der Waals surface area (Å²) < 4.78 is 4.73. The molecule has 0 unspecified atom stereocenters. The van der Waals surface area contributed by atoms with Crippen LogP contribution in [0.2, 0.25) is 0 Å². The summed E-state index contributed by atoms with van der Waals surface area (Å²) in [6.45, 7) is 4.31. The van der Waals surface area contributed by atoms with Gasteiger partial charge in [-0.05, 0) is 37.1 Å². The maximum Gasteiger partial charge on any atom is 0.337 e. The van der Waals surface area contributed by atoms with Crippen molar-refractivity contribution in [2.75, 3.05) is 37.0 Å². The molecule has 1 saturated heterocycles. The molecule has 8 heteroatoms. The molecule has 2 aliphatic heterocycles. The number of nitrogens with zero attached hydrogens (tertiary/aromatic N) is 2. The number of carbonyl (C=O) groups is 4. The van der Waals surface area contributed by atoms with Gasteiger partial charge in [0.15, 0.2) is 0 Å². The van der Waals surface area contributed by atoms with E-state index in [0.717, 1.165) is 0 Å². The highest BCUT2D eigenvalue weighted by Crippen LogP contribution is 2.33. The average Bonchev–Trinajstić information content (AvgIpc) is 2.71. The zero-order valence-corrected chi connectivity index (χ0v) is 15.1. The third-order valence-corrected chi connectivity index (χ3v) is 4.88. The Hall–Kier alpha value is -3.16. The third-order valence-electron chi connectivity index (χ3n) is 4.88. The van der Waals surface area contributed by atoms with Gasteiger partial charge in [-0.15, -0.1) is 0 Å². The summed E-state index contributed by atoms with van der Waals surface area (Å²) in [4.78, 5) is 51.7. The van der Waals surface area contributed by atoms with Crippen molar-refractivity contribution < 1.29 is 23.9 Å². The number of nitrogens with one attached hydrogen (secondary N) is 1. The number of ether oxygens (including phenoxy) is 1. The molecular weight excluding hydrogens is 350 g/mol. The van der Waals surface area contributed by atoms with Crippen LogP contribution in [0.4, 0.5) is 11.4 Å². The lowest BCUT2D eigenvalue weighted by molar-refractivity contribution is -0.131. The number of esters is 1. The van der Waals surface area contributed by atoms with Gasteiger partial charge >= 0.3 is 5.97 Å². The summed E-state index contributed by atoms with van der Waals surface area (Å²) >= 11 is 0. The van der Waals surface area contributed by atoms with E-state index >= 15 is 0 Å². The summed E-state index contributed by atoms with van der Waals surface area (Å²) in [6.07, 6.45) is 2.30. The Morgan fingerprint density at radius 2 is 1.96 bits per heavy atom. The van der Waals surface area contributed by atoms with Gasteiger partial charge in [0, 0.05) is 19.0 Å². The SMILES string of the molecule is C=CC(=O)N1CCC(C(=O)N2CC(=O)Nc3ccc(C(=O)OC)cc32)CC1. The summed E-state index contributed by atoms with van der Waals surface area (Å²) in [6, 6.07) is 4.68. The fraction of sp³-hybridized carbons (Fsp3) is 0.368. The quantitative estimate of drug-likeness (QED) is 0.636. The highest BCUT2D eigenvalue weighted by Gasteiger charge is 2.34. The van der Waals surface area contributed by atoms with Crippen LogP contribution >= 0.6 is 0 Å². The van der Waals surface area contributed by atoms with Gasteiger partial charge in [0.25, 0.3) is 0 Å². The summed E-state index contributed by atoms with van der Waals surface area (Å²) in [5.41, 5.74) is 1.26. The van der Waals surface area contributed by atoms with Gasteiger partial charge in [-0.1, -0.05) is 6.58 Å². The first-order valence-corrected chi connectivity index (χ1v) is 8.69. The molecule has 142 valence electrons. The standard InChI is InChI=1S/C19H21N3O5/c1-3-17(24)21-8-6-12(7-9-21)18(25)22-11-16(23)20-14-5-4-13(10-15(14)22)19(26)27-2/h3-5,10,12H,1,6-9,11H2,2H3,(H,20,23). The fourth-order valence-electron chi connectivity index (χ4n) is 3.42. The van der Waals surface area contributed by atoms with E-state index in [4.69, 9.17) is 4.74 Å². The molecular formula is C19H21N3O5. The molecule has 0 spiro atoms. The van der Waals surface area contributed by atoms with Crippen molar-refractivity contribution in [2.24, 2.45) is 5.92 Å². The number of anilines is 2. The molecule has 8 nitrogen and oxygen atoms in total. The van der Waals surface area contributed by atoms with Crippen LogP contribution in [-0.2, 0) is 19.1 Å². The van der Waals surface area contributed by atoms with Crippen molar-refractivity contribution in [3.63, 3.8) is 0 Å². The molecule has 2 heterocycles. The third kappa shape index (κ3) is 3.69. The van der Waals surface area contributed by atoms with Crippen molar-refractivity contribution in [1.82, 2.24) is 4.90 Å². The Morgan fingerprint density at radius 1 is 1.26 bits per heavy atom. The number of piperidine rings is 1. The monoisotopic (exact) mass is 371 g/mol. The minimum Gasteiger partial charge on any atom is -0.465 e. The van der Waals surface area contributed by atoms with E-state index in [-0.39, 0.29) is 30.2 Å². The molecule has 2 aliphatic rings. The maximum absolute atomic E-state index is 13.1. The van der Waals surface area contributed by atoms with Gasteiger partial charge in [-0.2, -0.15) is 0 Å². The lowest BCUT2D eigenvalue weighted by Gasteiger charge is -2.36. The van der Waals surface area contributed by atoms with Crippen molar-refractivity contribution in [1.29, 1.82) is 0 Å². The van der Waals surface area contributed by atoms with Crippen molar-refractivity contribution in [3.8, 4) is 0 Å². The van der Waals surface area contributed by atoms with Crippen LogP contribution in [0.15, 0.2) is 30.9 Å². The van der Waals surface area contributed by atoms with Gasteiger partial charge in [-0.3, -0.25) is 14.4 Å². The van der Waals surface area contributed by atoms with Crippen LogP contribution in [-0.4, -0.2) is 55.3 Å². The lowest BCUT2D eigenvalue weighted by atomic mass is 9.94. The zero-order chi connectivity index (χ0) is 19.6. The number of amides is 3. The second kappa shape index (κ2) is 7.61. The Balaban J connectivity index is 1.82. The molecule has 3 amide bonds. The summed E-state index contributed by atoms with van der Waals surface area (Å²) in [5.74, 6) is -1.43. The van der Waals surface area contributed by atoms with Gasteiger partial charge in [0.05, 0.1) is 24.0 Å². The second-order valence-corrected chi connectivity index (χ2v) is 6.50. The first-order chi connectivity index (χ1) is 12.9. The number of fused-ring (bicyclic) bond motifs is 1. The van der Waals surface area contributed by atoms with Crippen LogP contribution in [0.1, 0.15) is 23.2 Å². The number of methoxy groups -OCH3 is 1. The van der Waals surface area contributed by atoms with Gasteiger partial charge in [0.1, 0.15) is 6.54 Å². The Bertz CT molecular complexity index is 812. The van der Waals surface area contributed by atoms with Crippen molar-refractivity contribution >= 4 is 35.1 Å². The van der Waals surface area contributed by atoms with Crippen molar-refractivity contribution in [2.45, 2.75) is 12.8 Å². The largest absolute Gasteiger partial charge is 0.465 e. The topological polar surface area (TPSA) is 96.0 Å². The van der Waals surface area contributed by atoms with Gasteiger partial charge in [-0.25, -0.2) is 4.79 Å². The number of benzene rings is 1. The first kappa shape index (κ1) is 18.6. The molecule has 1 fully saturated rings. The highest BCUT2D eigenvalue weighted by atomic mass is 16.5. The van der Waals surface area contributed by atoms with Crippen LogP contribution < -0.4 is 10.2 Å². The van der Waals surface area contributed by atoms with Crippen LogP contribution in [0.5, 0.6) is 0 Å². The molecule has 1 aromatic carbocycles. The van der Waals surface area contributed by atoms with Crippen LogP contribution in [0.3, 0.4) is 0 Å². The minimum atomic E-state index is -0.515. The molecule has 1 N–H and O–H groups in total. The number of hydrogen-bond acceptors (Lipinski definition) is 5. The minimum absolute atomic E-state index is 0.109. The van der Waals surface area contributed by atoms with E-state index in [1.807, 2.05) is 0 Å². The normalized spacial score (nSPS) is 17.0. The van der Waals surface area contributed by atoms with E-state index in [1.54, 1.807) is 17.0 Å². The molecule has 0 atom stereocenters. The van der Waals surface area contributed by atoms with Crippen LogP contribution in [0, 0.1) is 5.92 Å². The van der Waals surface area contributed by atoms with E-state index in [1.165, 1.54) is 24.2 Å². The maximum atomic E-state index is 13.1. The number of rotatable bonds is 3. The summed E-state index contributed by atoms with van der Waals surface area (Å²) in [5, 5.41) is 2.71. The van der Waals surface area contributed by atoms with Crippen LogP contribution in [0.25, 0.3) is 0 Å². The van der Waals surface area contributed by atoms with Gasteiger partial charge in [0.2, 0.25) is 17.7 Å². The predicted molar refractivity (Wildman–Crippen MR) is 98.3 cm³/mol. The predicted octanol–water partition coefficient (Wildman–Crippen LogP) is 1.18. The molecule has 0 aliphatic carbocycles. The number of hydrogen-bond donors (Lipinski definition) is 1. The summed E-state index contributed by atoms with van der Waals surface area (Å²) in [7, 11) is 1.28. The molecule has 0 radical (unpaired) electrons. The Morgan fingerprint density at radius 3 is 2.59 bits per heavy atom. The number of carbonyl (C=O) groups excluding carboxylic acids is 4. The van der Waals surface area contributed by atoms with E-state index in [9.17, 15) is 19.2 Å². The zero-order valence-electron chi connectivity index (χ0n) is 15.1. The molecule has 0 aromatic heterocycles. The lowest BCUT2D eigenvalue weighted by Crippen LogP contribution is -2.48. The Labute approximate surface area is 156 Å². The van der Waals surface area contributed by atoms with E-state index < -0.39 is 5.97 Å². The van der Waals surface area contributed by atoms with Gasteiger partial charge < -0.3 is 19.9 Å². The molecule has 27 heavy (non-hydrogen) atoms. The molecule has 1 aromatic rings. The second-order valence-electron chi connectivity index (χ2n) is 6.50. The fourth-order valence-corrected chi connectivity index (χ4v) is 3.42. The van der Waals surface area contributed by atoms with E-state index in [0.29, 0.717) is 42.9 Å². The molecule has 0 saturated carbocycles. The smallest absolute Gasteiger partial charge is 0.337 e. The average molecular weight is 371 g/mol. The molecule has 0 bridgehead atoms. The van der Waals surface area contributed by atoms with Crippen molar-refractivity contribution in [3.05, 3.63) is 36.4 Å². The highest BCUT2D eigenvalue weighted by molar-refractivity contribution is 6.11. The number of likely N-dealkylation sites (tertiary alicyclic amines) is 1.